The van der Waals surface area contributed by atoms with Crippen LogP contribution < -0.4 is 20.7 Å². The van der Waals surface area contributed by atoms with Crippen LogP contribution in [0.5, 0.6) is 11.5 Å². The molecule has 3 aromatic rings. The lowest BCUT2D eigenvalue weighted by Crippen LogP contribution is -2.31. The largest absolute Gasteiger partial charge is 0.492 e. The first-order chi connectivity index (χ1) is 18.3. The van der Waals surface area contributed by atoms with E-state index < -0.39 is 6.10 Å². The van der Waals surface area contributed by atoms with E-state index in [0.29, 0.717) is 42.3 Å². The summed E-state index contributed by atoms with van der Waals surface area (Å²) < 4.78 is 32.2. The summed E-state index contributed by atoms with van der Waals surface area (Å²) in [7, 11) is 3.07. The van der Waals surface area contributed by atoms with Gasteiger partial charge in [-0.05, 0) is 78.8 Å². The number of rotatable bonds is 6. The van der Waals surface area contributed by atoms with Crippen molar-refractivity contribution in [3.63, 3.8) is 0 Å². The minimum Gasteiger partial charge on any atom is -0.492 e. The summed E-state index contributed by atoms with van der Waals surface area (Å²) >= 11 is 0. The zero-order chi connectivity index (χ0) is 27.0. The van der Waals surface area contributed by atoms with Gasteiger partial charge in [-0.3, -0.25) is 9.79 Å². The Bertz CT molecular complexity index is 1410. The molecule has 0 bridgehead atoms. The van der Waals surface area contributed by atoms with Gasteiger partial charge in [-0.2, -0.15) is 0 Å². The topological polar surface area (TPSA) is 95.2 Å². The molecule has 2 aliphatic rings. The first kappa shape index (κ1) is 25.7. The van der Waals surface area contributed by atoms with E-state index in [4.69, 9.17) is 20.1 Å². The number of ether oxygens (including phenoxy) is 3. The fourth-order valence-electron chi connectivity index (χ4n) is 5.78. The van der Waals surface area contributed by atoms with Crippen molar-refractivity contribution in [3.8, 4) is 22.6 Å². The van der Waals surface area contributed by atoms with E-state index in [0.717, 1.165) is 38.9 Å². The van der Waals surface area contributed by atoms with Crippen LogP contribution in [-0.4, -0.2) is 32.6 Å². The van der Waals surface area contributed by atoms with E-state index in [9.17, 15) is 4.79 Å². The highest BCUT2D eigenvalue weighted by atomic mass is 19.1. The van der Waals surface area contributed by atoms with E-state index >= 15 is 4.39 Å². The quantitative estimate of drug-likeness (QED) is 0.156. The summed E-state index contributed by atoms with van der Waals surface area (Å²) in [5.74, 6) is 6.97. The maximum atomic E-state index is 15.2. The van der Waals surface area contributed by atoms with Crippen molar-refractivity contribution >= 4 is 11.8 Å². The van der Waals surface area contributed by atoms with Crippen molar-refractivity contribution in [2.75, 3.05) is 20.8 Å². The number of halogens is 1. The Balaban J connectivity index is 1.44. The van der Waals surface area contributed by atoms with Crippen molar-refractivity contribution in [2.24, 2.45) is 10.8 Å². The number of hydrogen-bond acceptors (Lipinski definition) is 6. The molecular weight excluding hydrogens is 485 g/mol. The van der Waals surface area contributed by atoms with Gasteiger partial charge in [0, 0.05) is 35.7 Å². The summed E-state index contributed by atoms with van der Waals surface area (Å²) in [5, 5.41) is 0. The predicted octanol–water partition coefficient (Wildman–Crippen LogP) is 5.05. The number of amidine groups is 1. The molecule has 198 valence electrons. The molecule has 1 aliphatic heterocycles. The van der Waals surface area contributed by atoms with Gasteiger partial charge in [-0.25, -0.2) is 10.2 Å². The Kier molecular flexibility index (Phi) is 7.08. The number of esters is 1. The number of carbonyl (C=O) groups is 1. The summed E-state index contributed by atoms with van der Waals surface area (Å²) in [6, 6.07) is 13.1. The van der Waals surface area contributed by atoms with Crippen LogP contribution in [0, 0.1) is 19.7 Å². The number of methoxy groups -OCH3 is 1. The number of nitrogens with zero attached hydrogens (tertiary/aromatic N) is 1. The minimum absolute atomic E-state index is 0.0445. The molecule has 0 saturated carbocycles. The van der Waals surface area contributed by atoms with E-state index in [1.165, 1.54) is 13.2 Å². The first-order valence-corrected chi connectivity index (χ1v) is 12.7. The summed E-state index contributed by atoms with van der Waals surface area (Å²) in [6.45, 7) is 4.52. The molecule has 8 heteroatoms. The van der Waals surface area contributed by atoms with Gasteiger partial charge in [-0.15, -0.1) is 0 Å². The summed E-state index contributed by atoms with van der Waals surface area (Å²) in [5.41, 5.74) is 10.3. The normalized spacial score (nSPS) is 18.0. The second kappa shape index (κ2) is 10.5. The van der Waals surface area contributed by atoms with Gasteiger partial charge in [0.25, 0.3) is 0 Å². The van der Waals surface area contributed by atoms with Gasteiger partial charge in [0.15, 0.2) is 0 Å². The lowest BCUT2D eigenvalue weighted by atomic mass is 9.89. The van der Waals surface area contributed by atoms with Crippen LogP contribution in [0.3, 0.4) is 0 Å². The third-order valence-corrected chi connectivity index (χ3v) is 7.50. The molecule has 2 atom stereocenters. The highest BCUT2D eigenvalue weighted by Gasteiger charge is 2.32. The van der Waals surface area contributed by atoms with Crippen molar-refractivity contribution in [3.05, 3.63) is 81.7 Å². The van der Waals surface area contributed by atoms with Crippen LogP contribution in [0.2, 0.25) is 0 Å². The molecular formula is C30H32FN3O4. The molecule has 0 radical (unpaired) electrons. The molecule has 7 nitrogen and oxygen atoms in total. The fourth-order valence-corrected chi connectivity index (χ4v) is 5.78. The van der Waals surface area contributed by atoms with E-state index in [1.807, 2.05) is 50.2 Å². The van der Waals surface area contributed by atoms with Gasteiger partial charge in [-0.1, -0.05) is 12.1 Å². The smallest absolute Gasteiger partial charge is 0.306 e. The predicted molar refractivity (Wildman–Crippen MR) is 144 cm³/mol. The molecule has 3 aromatic carbocycles. The van der Waals surface area contributed by atoms with Crippen LogP contribution in [0.1, 0.15) is 58.2 Å². The second-order valence-electron chi connectivity index (χ2n) is 9.82. The summed E-state index contributed by atoms with van der Waals surface area (Å²) in [6.07, 6.45) is 1.24. The van der Waals surface area contributed by atoms with Gasteiger partial charge < -0.3 is 19.6 Å². The van der Waals surface area contributed by atoms with Gasteiger partial charge in [0.1, 0.15) is 29.3 Å². The molecule has 0 unspecified atom stereocenters. The molecule has 5 rings (SSSR count). The zero-order valence-corrected chi connectivity index (χ0v) is 22.1. The number of nitrogens with two attached hydrogens (primary N) is 1. The van der Waals surface area contributed by atoms with Crippen molar-refractivity contribution in [2.45, 2.75) is 45.1 Å². The van der Waals surface area contributed by atoms with Crippen LogP contribution >= 0.6 is 0 Å². The maximum Gasteiger partial charge on any atom is 0.306 e. The van der Waals surface area contributed by atoms with E-state index in [2.05, 4.69) is 10.4 Å². The molecule has 0 spiro atoms. The van der Waals surface area contributed by atoms with Crippen molar-refractivity contribution in [1.82, 2.24) is 5.43 Å². The average molecular weight is 518 g/mol. The Morgan fingerprint density at radius 1 is 1.18 bits per heavy atom. The minimum atomic E-state index is -0.407. The number of benzene rings is 3. The summed E-state index contributed by atoms with van der Waals surface area (Å²) in [4.78, 5) is 15.9. The number of hydrazine groups is 1. The highest BCUT2D eigenvalue weighted by Crippen LogP contribution is 2.45. The van der Waals surface area contributed by atoms with Gasteiger partial charge >= 0.3 is 5.97 Å². The van der Waals surface area contributed by atoms with Crippen LogP contribution in [0.25, 0.3) is 11.1 Å². The molecule has 0 fully saturated rings. The number of hydrogen-bond donors (Lipinski definition) is 2. The van der Waals surface area contributed by atoms with E-state index in [-0.39, 0.29) is 24.1 Å². The Labute approximate surface area is 221 Å². The van der Waals surface area contributed by atoms with E-state index in [1.54, 1.807) is 7.05 Å². The van der Waals surface area contributed by atoms with Crippen molar-refractivity contribution in [1.29, 1.82) is 0 Å². The fraction of sp³-hybridized carbons (Fsp3) is 0.333. The first-order valence-electron chi connectivity index (χ1n) is 12.7. The van der Waals surface area contributed by atoms with Gasteiger partial charge in [0.2, 0.25) is 0 Å². The lowest BCUT2D eigenvalue weighted by Gasteiger charge is -2.19. The SMILES string of the molecule is CN=C(NN)c1cc(C)c(-c2ccc(F)c3c2CC[C@H]3Oc2ccc3c(c2)OC[C@H]3CC(=O)OC)c(C)c1. The monoisotopic (exact) mass is 517 g/mol. The number of aryl methyl sites for hydroxylation is 2. The molecule has 0 aromatic heterocycles. The molecule has 1 heterocycles. The molecule has 0 amide bonds. The Hall–Kier alpha value is -3.91. The number of fused-ring (bicyclic) bond motifs is 2. The van der Waals surface area contributed by atoms with Crippen LogP contribution in [-0.2, 0) is 16.0 Å². The lowest BCUT2D eigenvalue weighted by molar-refractivity contribution is -0.141. The number of carbonyl (C=O) groups excluding carboxylic acids is 1. The van der Waals surface area contributed by atoms with Crippen molar-refractivity contribution < 1.29 is 23.4 Å². The number of nitrogens with one attached hydrogen (secondary N) is 1. The molecule has 1 aliphatic carbocycles. The third-order valence-electron chi connectivity index (χ3n) is 7.50. The van der Waals surface area contributed by atoms with Gasteiger partial charge in [0.05, 0.1) is 20.1 Å². The molecule has 38 heavy (non-hydrogen) atoms. The zero-order valence-electron chi connectivity index (χ0n) is 22.1. The Morgan fingerprint density at radius 2 is 1.95 bits per heavy atom. The third kappa shape index (κ3) is 4.60. The Morgan fingerprint density at radius 3 is 2.63 bits per heavy atom. The maximum absolute atomic E-state index is 15.2. The highest BCUT2D eigenvalue weighted by molar-refractivity contribution is 5.99. The average Bonchev–Trinajstić information content (AvgIpc) is 3.50. The van der Waals surface area contributed by atoms with Crippen LogP contribution in [0.4, 0.5) is 4.39 Å². The molecule has 3 N–H and O–H groups in total. The van der Waals surface area contributed by atoms with Crippen LogP contribution in [0.15, 0.2) is 47.5 Å². The second-order valence-corrected chi connectivity index (χ2v) is 9.82. The number of aliphatic imine (C=N–C) groups is 1. The standard InChI is InChI=1S/C30H32FN3O4/c1-16-11-18(30(33-3)34-32)12-17(2)28(16)22-7-9-24(31)29-23(22)8-10-25(29)38-20-5-6-21-19(13-27(35)36-4)15-37-26(21)14-20/h5-7,9,11-12,14,19,25H,8,10,13,15,32H2,1-4H3,(H,33,34)/t19-,25-/m1/s1. The molecule has 0 saturated heterocycles.